The van der Waals surface area contributed by atoms with Gasteiger partial charge in [0.1, 0.15) is 12.2 Å². The van der Waals surface area contributed by atoms with Crippen molar-refractivity contribution in [1.82, 2.24) is 4.90 Å². The van der Waals surface area contributed by atoms with Crippen LogP contribution in [-0.4, -0.2) is 114 Å². The second-order valence-electron chi connectivity index (χ2n) is 9.14. The van der Waals surface area contributed by atoms with E-state index in [0.29, 0.717) is 30.9 Å². The van der Waals surface area contributed by atoms with Gasteiger partial charge in [-0.05, 0) is 38.6 Å². The highest BCUT2D eigenvalue weighted by molar-refractivity contribution is 6.04. The van der Waals surface area contributed by atoms with E-state index in [1.807, 2.05) is 17.9 Å². The van der Waals surface area contributed by atoms with Gasteiger partial charge in [0.2, 0.25) is 5.91 Å². The first kappa shape index (κ1) is 29.5. The molecule has 1 aromatic rings. The molecule has 0 radical (unpaired) electrons. The number of piperazine rings is 1. The predicted molar refractivity (Wildman–Crippen MR) is 133 cm³/mol. The topological polar surface area (TPSA) is 155 Å². The van der Waals surface area contributed by atoms with Crippen LogP contribution in [0.2, 0.25) is 0 Å². The number of amides is 1. The molecular formula is C26H34N2O10. The van der Waals surface area contributed by atoms with E-state index in [0.717, 1.165) is 0 Å². The minimum Gasteiger partial charge on any atom is -0.463 e. The molecule has 0 aliphatic carbocycles. The normalized spacial score (nSPS) is 26.2. The van der Waals surface area contributed by atoms with E-state index < -0.39 is 48.2 Å². The predicted octanol–water partition coefficient (Wildman–Crippen LogP) is -1.17. The van der Waals surface area contributed by atoms with Crippen LogP contribution in [-0.2, 0) is 39.8 Å². The molecule has 3 rings (SSSR count). The minimum absolute atomic E-state index is 0.0517. The Bertz CT molecular complexity index is 1040. The van der Waals surface area contributed by atoms with Crippen molar-refractivity contribution in [3.63, 3.8) is 0 Å². The molecule has 3 N–H and O–H groups in total. The quantitative estimate of drug-likeness (QED) is 0.189. The monoisotopic (exact) mass is 534 g/mol. The lowest BCUT2D eigenvalue weighted by molar-refractivity contribution is -0.200. The average Bonchev–Trinajstić information content (AvgIpc) is 3.11. The Morgan fingerprint density at radius 1 is 1.16 bits per heavy atom. The summed E-state index contributed by atoms with van der Waals surface area (Å²) in [6, 6.07) is 6.69. The Labute approximate surface area is 221 Å². The number of esters is 2. The van der Waals surface area contributed by atoms with Gasteiger partial charge >= 0.3 is 11.9 Å². The van der Waals surface area contributed by atoms with E-state index in [1.165, 1.54) is 0 Å². The van der Waals surface area contributed by atoms with Crippen LogP contribution in [0.3, 0.4) is 0 Å². The van der Waals surface area contributed by atoms with Crippen LogP contribution in [0.1, 0.15) is 19.4 Å². The number of terminal acetylenes is 1. The molecule has 4 atom stereocenters. The van der Waals surface area contributed by atoms with E-state index in [4.69, 9.17) is 25.4 Å². The Hall–Kier alpha value is -3.05. The van der Waals surface area contributed by atoms with Crippen molar-refractivity contribution in [3.8, 4) is 12.3 Å². The number of nitrogens with zero attached hydrogens (tertiary/aromatic N) is 2. The largest absolute Gasteiger partial charge is 0.463 e. The summed E-state index contributed by atoms with van der Waals surface area (Å²) >= 11 is 0. The highest BCUT2D eigenvalue weighted by Crippen LogP contribution is 2.32. The summed E-state index contributed by atoms with van der Waals surface area (Å²) in [7, 11) is 1.87. The molecule has 12 heteroatoms. The molecule has 2 aliphatic rings. The maximum Gasteiger partial charge on any atom is 0.350 e. The van der Waals surface area contributed by atoms with E-state index in [2.05, 4.69) is 0 Å². The maximum atomic E-state index is 13.2. The molecule has 2 saturated heterocycles. The molecular weight excluding hydrogens is 500 g/mol. The van der Waals surface area contributed by atoms with Crippen molar-refractivity contribution in [2.45, 2.75) is 50.0 Å². The molecule has 2 heterocycles. The second-order valence-corrected chi connectivity index (χ2v) is 9.14. The Morgan fingerprint density at radius 3 is 2.29 bits per heavy atom. The molecule has 2 fully saturated rings. The van der Waals surface area contributed by atoms with Crippen LogP contribution < -0.4 is 4.90 Å². The van der Waals surface area contributed by atoms with Crippen molar-refractivity contribution in [1.29, 1.82) is 0 Å². The van der Waals surface area contributed by atoms with E-state index in [-0.39, 0.29) is 25.5 Å². The van der Waals surface area contributed by atoms with Gasteiger partial charge in [0.15, 0.2) is 11.9 Å². The zero-order valence-corrected chi connectivity index (χ0v) is 21.7. The van der Waals surface area contributed by atoms with E-state index >= 15 is 0 Å². The van der Waals surface area contributed by atoms with Gasteiger partial charge in [0.05, 0.1) is 26.4 Å². The summed E-state index contributed by atoms with van der Waals surface area (Å²) in [6.07, 6.45) is -0.0973. The molecule has 0 bridgehead atoms. The van der Waals surface area contributed by atoms with E-state index in [9.17, 15) is 29.7 Å². The first-order chi connectivity index (χ1) is 18.0. The fraction of sp³-hybridized carbons (Fsp3) is 0.577. The molecule has 0 aromatic heterocycles. The highest BCUT2D eigenvalue weighted by Gasteiger charge is 2.57. The number of aliphatic hydroxyl groups is 3. The molecule has 0 saturated carbocycles. The van der Waals surface area contributed by atoms with Gasteiger partial charge in [-0.3, -0.25) is 9.69 Å². The van der Waals surface area contributed by atoms with Crippen LogP contribution in [0.4, 0.5) is 5.69 Å². The van der Waals surface area contributed by atoms with Crippen LogP contribution in [0.15, 0.2) is 24.3 Å². The maximum absolute atomic E-state index is 13.2. The number of ether oxygens (including phenoxy) is 4. The first-order valence-corrected chi connectivity index (χ1v) is 12.3. The zero-order chi connectivity index (χ0) is 28.1. The second kappa shape index (κ2) is 12.2. The van der Waals surface area contributed by atoms with Crippen LogP contribution >= 0.6 is 0 Å². The number of hydrogen-bond acceptors (Lipinski definition) is 11. The standard InChI is InChI=1S/C26H34N2O10/c1-5-25(34)19(38-22(31)21(25)30)16-37-26(23(32)35-6-2,24(33)36-7-3)14-17-8-10-18(11-9-17)28-13-12-27(4)15-20(28)29/h1,8-11,19,21-22,30-31,34H,6-7,12-16H2,2-4H3/t19-,21+,22?,25-/m1/s1. The van der Waals surface area contributed by atoms with Crippen molar-refractivity contribution >= 4 is 23.5 Å². The van der Waals surface area contributed by atoms with Gasteiger partial charge in [0.25, 0.3) is 5.60 Å². The number of anilines is 1. The Morgan fingerprint density at radius 2 is 1.76 bits per heavy atom. The van der Waals surface area contributed by atoms with Gasteiger partial charge in [-0.2, -0.15) is 0 Å². The number of carbonyl (C=O) groups is 3. The fourth-order valence-electron chi connectivity index (χ4n) is 4.35. The third kappa shape index (κ3) is 5.83. The molecule has 1 amide bonds. The van der Waals surface area contributed by atoms with Crippen molar-refractivity contribution in [2.24, 2.45) is 0 Å². The van der Waals surface area contributed by atoms with Gasteiger partial charge in [0, 0.05) is 25.2 Å². The van der Waals surface area contributed by atoms with Crippen molar-refractivity contribution < 1.29 is 48.7 Å². The molecule has 1 aromatic carbocycles. The average molecular weight is 535 g/mol. The highest BCUT2D eigenvalue weighted by atomic mass is 16.7. The summed E-state index contributed by atoms with van der Waals surface area (Å²) in [6.45, 7) is 3.83. The molecule has 208 valence electrons. The number of rotatable bonds is 10. The van der Waals surface area contributed by atoms with Crippen LogP contribution in [0, 0.1) is 12.3 Å². The third-order valence-electron chi connectivity index (χ3n) is 6.55. The summed E-state index contributed by atoms with van der Waals surface area (Å²) in [5.41, 5.74) is -3.53. The summed E-state index contributed by atoms with van der Waals surface area (Å²) in [5, 5.41) is 30.6. The Kier molecular flexibility index (Phi) is 9.48. The molecule has 38 heavy (non-hydrogen) atoms. The van der Waals surface area contributed by atoms with Crippen molar-refractivity contribution in [2.75, 3.05) is 51.4 Å². The summed E-state index contributed by atoms with van der Waals surface area (Å²) in [5.74, 6) is -0.153. The van der Waals surface area contributed by atoms with E-state index in [1.54, 1.807) is 43.0 Å². The third-order valence-corrected chi connectivity index (χ3v) is 6.55. The smallest absolute Gasteiger partial charge is 0.350 e. The number of benzene rings is 1. The van der Waals surface area contributed by atoms with Gasteiger partial charge < -0.3 is 39.2 Å². The zero-order valence-electron chi connectivity index (χ0n) is 21.7. The van der Waals surface area contributed by atoms with Crippen LogP contribution in [0.25, 0.3) is 0 Å². The lowest BCUT2D eigenvalue weighted by Crippen LogP contribution is -2.56. The number of aliphatic hydroxyl groups excluding tert-OH is 2. The first-order valence-electron chi connectivity index (χ1n) is 12.3. The molecule has 2 aliphatic heterocycles. The van der Waals surface area contributed by atoms with Crippen LogP contribution in [0.5, 0.6) is 0 Å². The van der Waals surface area contributed by atoms with Gasteiger partial charge in [-0.1, -0.05) is 18.1 Å². The number of likely N-dealkylation sites (N-methyl/N-ethyl adjacent to an activating group) is 1. The lowest BCUT2D eigenvalue weighted by Gasteiger charge is -2.33. The van der Waals surface area contributed by atoms with Gasteiger partial charge in [-0.25, -0.2) is 9.59 Å². The SMILES string of the molecule is C#C[C@@]1(O)[C@@H](COC(Cc2ccc(N3CCN(C)CC3=O)cc2)(C(=O)OCC)C(=O)OCC)OC(O)[C@@H]1O. The molecule has 0 spiro atoms. The number of hydrogen-bond donors (Lipinski definition) is 3. The Balaban J connectivity index is 1.90. The minimum atomic E-state index is -2.34. The number of carbonyl (C=O) groups excluding carboxylic acids is 3. The molecule has 1 unspecified atom stereocenters. The summed E-state index contributed by atoms with van der Waals surface area (Å²) < 4.78 is 21.3. The van der Waals surface area contributed by atoms with Crippen molar-refractivity contribution in [3.05, 3.63) is 29.8 Å². The fourth-order valence-corrected chi connectivity index (χ4v) is 4.35. The van der Waals surface area contributed by atoms with Gasteiger partial charge in [-0.15, -0.1) is 6.42 Å². The summed E-state index contributed by atoms with van der Waals surface area (Å²) in [4.78, 5) is 42.4. The lowest BCUT2D eigenvalue weighted by atomic mass is 9.92. The molecule has 12 nitrogen and oxygen atoms in total.